The van der Waals surface area contributed by atoms with Crippen LogP contribution in [0.5, 0.6) is 0 Å². The van der Waals surface area contributed by atoms with Crippen LogP contribution in [0.4, 0.5) is 0 Å². The predicted molar refractivity (Wildman–Crippen MR) is 40.6 cm³/mol. The van der Waals surface area contributed by atoms with Crippen molar-refractivity contribution in [2.24, 2.45) is 16.5 Å². The van der Waals surface area contributed by atoms with E-state index < -0.39 is 10.8 Å². The minimum absolute atomic E-state index is 0.0206. The van der Waals surface area contributed by atoms with Crippen LogP contribution >= 0.6 is 0 Å². The zero-order chi connectivity index (χ0) is 7.56. The van der Waals surface area contributed by atoms with Gasteiger partial charge in [0.25, 0.3) is 0 Å². The molecule has 6 heteroatoms. The molecule has 0 aromatic carbocycles. The summed E-state index contributed by atoms with van der Waals surface area (Å²) in [6.45, 7) is 0.716. The summed E-state index contributed by atoms with van der Waals surface area (Å²) in [6.07, 6.45) is 0. The topological polar surface area (TPSA) is 93.5 Å². The normalized spacial score (nSPS) is 32.0. The molecule has 5 N–H and O–H groups in total. The Labute approximate surface area is 61.3 Å². The molecule has 2 atom stereocenters. The molecular formula is C4H10N4OS. The van der Waals surface area contributed by atoms with Crippen molar-refractivity contribution < 1.29 is 4.21 Å². The summed E-state index contributed by atoms with van der Waals surface area (Å²) in [6, 6.07) is 0. The number of nitrogens with zero attached hydrogens (tertiary/aromatic N) is 1. The molecule has 2 unspecified atom stereocenters. The van der Waals surface area contributed by atoms with Crippen molar-refractivity contribution in [1.82, 2.24) is 5.32 Å². The molecule has 1 heterocycles. The van der Waals surface area contributed by atoms with Crippen LogP contribution in [0.3, 0.4) is 0 Å². The molecule has 1 aliphatic heterocycles. The molecule has 0 saturated carbocycles. The van der Waals surface area contributed by atoms with Gasteiger partial charge in [-0.05, 0) is 0 Å². The summed E-state index contributed by atoms with van der Waals surface area (Å²) >= 11 is 0. The highest BCUT2D eigenvalue weighted by Crippen LogP contribution is 2.00. The highest BCUT2D eigenvalue weighted by atomic mass is 32.2. The van der Waals surface area contributed by atoms with Crippen molar-refractivity contribution in [1.29, 1.82) is 0 Å². The van der Waals surface area contributed by atoms with Gasteiger partial charge in [-0.25, -0.2) is 4.99 Å². The first-order chi connectivity index (χ1) is 4.70. The van der Waals surface area contributed by atoms with Gasteiger partial charge in [0.2, 0.25) is 0 Å². The molecule has 1 rings (SSSR count). The van der Waals surface area contributed by atoms with Gasteiger partial charge in [0, 0.05) is 12.3 Å². The lowest BCUT2D eigenvalue weighted by molar-refractivity contribution is 0.667. The summed E-state index contributed by atoms with van der Waals surface area (Å²) in [7, 11) is -0.940. The SMILES string of the molecule is NC(N)=NC1NCCS1=O. The van der Waals surface area contributed by atoms with E-state index in [0.29, 0.717) is 12.3 Å². The lowest BCUT2D eigenvalue weighted by Gasteiger charge is -2.01. The van der Waals surface area contributed by atoms with Gasteiger partial charge in [0.15, 0.2) is 11.5 Å². The monoisotopic (exact) mass is 162 g/mol. The maximum Gasteiger partial charge on any atom is 0.188 e. The first-order valence-corrected chi connectivity index (χ1v) is 4.27. The first-order valence-electron chi connectivity index (χ1n) is 2.89. The Balaban J connectivity index is 2.56. The number of nitrogens with one attached hydrogen (secondary N) is 1. The smallest absolute Gasteiger partial charge is 0.188 e. The maximum atomic E-state index is 10.9. The van der Waals surface area contributed by atoms with E-state index in [1.54, 1.807) is 0 Å². The van der Waals surface area contributed by atoms with Crippen molar-refractivity contribution in [2.45, 2.75) is 5.50 Å². The molecule has 5 nitrogen and oxygen atoms in total. The van der Waals surface area contributed by atoms with Crippen LogP contribution in [0, 0.1) is 0 Å². The highest BCUT2D eigenvalue weighted by Gasteiger charge is 2.20. The van der Waals surface area contributed by atoms with Crippen LogP contribution in [-0.4, -0.2) is 28.0 Å². The van der Waals surface area contributed by atoms with E-state index in [-0.39, 0.29) is 11.5 Å². The molecule has 0 aromatic rings. The average molecular weight is 162 g/mol. The molecule has 0 aromatic heterocycles. The minimum Gasteiger partial charge on any atom is -0.370 e. The van der Waals surface area contributed by atoms with Crippen LogP contribution in [0.15, 0.2) is 4.99 Å². The fourth-order valence-corrected chi connectivity index (χ4v) is 1.81. The molecule has 1 saturated heterocycles. The summed E-state index contributed by atoms with van der Waals surface area (Å²) < 4.78 is 10.9. The number of hydrogen-bond acceptors (Lipinski definition) is 3. The maximum absolute atomic E-state index is 10.9. The van der Waals surface area contributed by atoms with Crippen molar-refractivity contribution >= 4 is 16.8 Å². The number of aliphatic imine (C=N–C) groups is 1. The van der Waals surface area contributed by atoms with E-state index in [1.165, 1.54) is 0 Å². The van der Waals surface area contributed by atoms with Gasteiger partial charge in [-0.15, -0.1) is 0 Å². The van der Waals surface area contributed by atoms with E-state index in [2.05, 4.69) is 10.3 Å². The Kier molecular flexibility index (Phi) is 2.23. The summed E-state index contributed by atoms with van der Waals surface area (Å²) in [5.41, 5.74) is 9.79. The van der Waals surface area contributed by atoms with Gasteiger partial charge in [-0.3, -0.25) is 9.53 Å². The lowest BCUT2D eigenvalue weighted by Crippen LogP contribution is -2.30. The zero-order valence-corrected chi connectivity index (χ0v) is 6.23. The summed E-state index contributed by atoms with van der Waals surface area (Å²) in [5.74, 6) is 0.606. The Hall–Kier alpha value is -0.620. The largest absolute Gasteiger partial charge is 0.370 e. The molecule has 0 bridgehead atoms. The fourth-order valence-electron chi connectivity index (χ4n) is 0.727. The van der Waals surface area contributed by atoms with Gasteiger partial charge in [-0.1, -0.05) is 0 Å². The lowest BCUT2D eigenvalue weighted by atomic mass is 10.7. The molecule has 10 heavy (non-hydrogen) atoms. The van der Waals surface area contributed by atoms with Gasteiger partial charge >= 0.3 is 0 Å². The Morgan fingerprint density at radius 2 is 2.40 bits per heavy atom. The zero-order valence-electron chi connectivity index (χ0n) is 5.41. The van der Waals surface area contributed by atoms with E-state index >= 15 is 0 Å². The van der Waals surface area contributed by atoms with Crippen molar-refractivity contribution in [3.63, 3.8) is 0 Å². The summed E-state index contributed by atoms with van der Waals surface area (Å²) in [5, 5.41) is 2.89. The van der Waals surface area contributed by atoms with E-state index in [0.717, 1.165) is 0 Å². The van der Waals surface area contributed by atoms with Gasteiger partial charge < -0.3 is 11.5 Å². The summed E-state index contributed by atoms with van der Waals surface area (Å²) in [4.78, 5) is 3.72. The van der Waals surface area contributed by atoms with Crippen molar-refractivity contribution in [3.05, 3.63) is 0 Å². The molecule has 0 amide bonds. The number of nitrogens with two attached hydrogens (primary N) is 2. The number of hydrogen-bond donors (Lipinski definition) is 3. The third kappa shape index (κ3) is 1.68. The van der Waals surface area contributed by atoms with Crippen LogP contribution in [0.25, 0.3) is 0 Å². The van der Waals surface area contributed by atoms with Gasteiger partial charge in [0.1, 0.15) is 0 Å². The standard InChI is InChI=1S/C4H10N4OS/c5-3(6)8-4-7-1-2-10(4)9/h4,7H,1-2H2,(H4,5,6,8). The molecule has 1 aliphatic rings. The van der Waals surface area contributed by atoms with Crippen LogP contribution in [-0.2, 0) is 10.8 Å². The molecule has 1 fully saturated rings. The van der Waals surface area contributed by atoms with Crippen molar-refractivity contribution in [2.75, 3.05) is 12.3 Å². The second-order valence-electron chi connectivity index (χ2n) is 1.95. The molecule has 0 radical (unpaired) electrons. The molecule has 58 valence electrons. The Morgan fingerprint density at radius 3 is 2.80 bits per heavy atom. The number of rotatable bonds is 1. The second kappa shape index (κ2) is 2.98. The number of guanidine groups is 1. The van der Waals surface area contributed by atoms with Crippen LogP contribution < -0.4 is 16.8 Å². The highest BCUT2D eigenvalue weighted by molar-refractivity contribution is 7.85. The Bertz CT molecular complexity index is 176. The van der Waals surface area contributed by atoms with Gasteiger partial charge in [-0.2, -0.15) is 0 Å². The van der Waals surface area contributed by atoms with E-state index in [1.807, 2.05) is 0 Å². The fraction of sp³-hybridized carbons (Fsp3) is 0.750. The van der Waals surface area contributed by atoms with Crippen LogP contribution in [0.2, 0.25) is 0 Å². The molecular weight excluding hydrogens is 152 g/mol. The average Bonchev–Trinajstić information content (AvgIpc) is 2.15. The van der Waals surface area contributed by atoms with Crippen LogP contribution in [0.1, 0.15) is 0 Å². The minimum atomic E-state index is -0.940. The third-order valence-electron chi connectivity index (χ3n) is 1.14. The second-order valence-corrected chi connectivity index (χ2v) is 3.56. The molecule has 0 aliphatic carbocycles. The van der Waals surface area contributed by atoms with E-state index in [4.69, 9.17) is 11.5 Å². The quantitative estimate of drug-likeness (QED) is 0.304. The van der Waals surface area contributed by atoms with Gasteiger partial charge in [0.05, 0.1) is 10.8 Å². The predicted octanol–water partition coefficient (Wildman–Crippen LogP) is -2.10. The first kappa shape index (κ1) is 7.49. The van der Waals surface area contributed by atoms with E-state index in [9.17, 15) is 4.21 Å². The Morgan fingerprint density at radius 1 is 1.70 bits per heavy atom. The molecule has 0 spiro atoms. The van der Waals surface area contributed by atoms with Crippen molar-refractivity contribution in [3.8, 4) is 0 Å². The third-order valence-corrected chi connectivity index (χ3v) is 2.51.